The quantitative estimate of drug-likeness (QED) is 0.185. The van der Waals surface area contributed by atoms with Crippen molar-refractivity contribution < 1.29 is 0 Å². The molecule has 1 N–H and O–H groups in total. The topological polar surface area (TPSA) is 29.3 Å². The Hall–Kier alpha value is -5.77. The third-order valence-electron chi connectivity index (χ3n) is 10.5. The van der Waals surface area contributed by atoms with Gasteiger partial charge in [0.05, 0.1) is 11.0 Å². The van der Waals surface area contributed by atoms with E-state index >= 15 is 0 Å². The van der Waals surface area contributed by atoms with Crippen LogP contribution in [0.5, 0.6) is 0 Å². The number of nitrogens with one attached hydrogen (secondary N) is 1. The van der Waals surface area contributed by atoms with Crippen LogP contribution >= 0.6 is 0 Å². The van der Waals surface area contributed by atoms with Gasteiger partial charge in [0.25, 0.3) is 0 Å². The summed E-state index contributed by atoms with van der Waals surface area (Å²) in [7, 11) is 0. The van der Waals surface area contributed by atoms with E-state index < -0.39 is 0 Å². The maximum absolute atomic E-state index is 5.43. The molecular weight excluding hydrogens is 631 g/mol. The Morgan fingerprint density at radius 3 is 1.90 bits per heavy atom. The van der Waals surface area contributed by atoms with Crippen LogP contribution in [0.25, 0.3) is 59.8 Å². The maximum Gasteiger partial charge on any atom is 0.126 e. The van der Waals surface area contributed by atoms with Gasteiger partial charge in [0.15, 0.2) is 0 Å². The molecule has 0 fully saturated rings. The second kappa shape index (κ2) is 14.1. The highest BCUT2D eigenvalue weighted by Gasteiger charge is 2.32. The van der Waals surface area contributed by atoms with E-state index in [2.05, 4.69) is 175 Å². The molecule has 256 valence electrons. The second-order valence-electron chi connectivity index (χ2n) is 13.2. The smallest absolute Gasteiger partial charge is 0.126 e. The van der Waals surface area contributed by atoms with Crippen LogP contribution in [0.1, 0.15) is 63.5 Å². The molecule has 0 saturated carbocycles. The van der Waals surface area contributed by atoms with Gasteiger partial charge in [0.1, 0.15) is 6.17 Å². The standard InChI is InChI=1S/C45H33N3.2C2H6/c1-28-42(31-12-4-2-5-13-31)46-45(32-14-6-3-7-15-32)47-43(28)34-18-11-19-35(26-34)48-39-21-9-8-20-36(39)38-27-33-23-22-29-16-10-17-30-24-25-37(44(38)48)41(33)40(29)30;2*1-2/h2-28,42,45-46H,1H3;2*1-2H3. The van der Waals surface area contributed by atoms with Gasteiger partial charge in [-0.15, -0.1) is 0 Å². The van der Waals surface area contributed by atoms with Crippen LogP contribution in [0, 0.1) is 5.92 Å². The highest BCUT2D eigenvalue weighted by atomic mass is 15.1. The molecule has 0 amide bonds. The number of fused-ring (bicyclic) bond motifs is 4. The first kappa shape index (κ1) is 33.4. The SMILES string of the molecule is CC.CC.CC1C(c2cccc(-n3c4ccccc4c4cc5ccc6cccc7ccc(c5c67)c43)c2)=NC(c2ccccc2)NC1c1ccccc1. The monoisotopic (exact) mass is 675 g/mol. The fourth-order valence-corrected chi connectivity index (χ4v) is 8.29. The molecule has 0 bridgehead atoms. The first-order valence-corrected chi connectivity index (χ1v) is 18.9. The van der Waals surface area contributed by atoms with Crippen molar-refractivity contribution in [2.24, 2.45) is 10.9 Å². The van der Waals surface area contributed by atoms with Crippen LogP contribution in [0.3, 0.4) is 0 Å². The van der Waals surface area contributed by atoms with E-state index in [1.54, 1.807) is 0 Å². The molecule has 3 heteroatoms. The number of aliphatic imine (C=N–C) groups is 1. The Morgan fingerprint density at radius 1 is 0.519 bits per heavy atom. The molecule has 8 aromatic carbocycles. The van der Waals surface area contributed by atoms with Crippen molar-refractivity contribution in [1.29, 1.82) is 0 Å². The summed E-state index contributed by atoms with van der Waals surface area (Å²) in [5.74, 6) is 0.165. The Bertz CT molecular complexity index is 2650. The van der Waals surface area contributed by atoms with Crippen LogP contribution < -0.4 is 5.32 Å². The van der Waals surface area contributed by atoms with Gasteiger partial charge in [-0.1, -0.05) is 168 Å². The summed E-state index contributed by atoms with van der Waals surface area (Å²) in [5.41, 5.74) is 8.35. The molecule has 0 spiro atoms. The summed E-state index contributed by atoms with van der Waals surface area (Å²) in [5, 5.41) is 14.3. The summed E-state index contributed by atoms with van der Waals surface area (Å²) in [4.78, 5) is 5.43. The van der Waals surface area contributed by atoms with Crippen molar-refractivity contribution in [2.75, 3.05) is 0 Å². The summed E-state index contributed by atoms with van der Waals surface area (Å²) >= 11 is 0. The van der Waals surface area contributed by atoms with Crippen molar-refractivity contribution in [1.82, 2.24) is 9.88 Å². The molecule has 1 aliphatic heterocycles. The van der Waals surface area contributed by atoms with Crippen LogP contribution in [0.4, 0.5) is 0 Å². The second-order valence-corrected chi connectivity index (χ2v) is 13.2. The Morgan fingerprint density at radius 2 is 1.15 bits per heavy atom. The average molecular weight is 676 g/mol. The van der Waals surface area contributed by atoms with E-state index in [9.17, 15) is 0 Å². The Balaban J connectivity index is 0.000000937. The first-order valence-electron chi connectivity index (χ1n) is 18.9. The molecule has 0 saturated heterocycles. The molecule has 10 rings (SSSR count). The highest BCUT2D eigenvalue weighted by Crippen LogP contribution is 2.43. The average Bonchev–Trinajstić information content (AvgIpc) is 3.56. The molecular formula is C49H45N3. The zero-order valence-corrected chi connectivity index (χ0v) is 30.6. The minimum absolute atomic E-state index is 0.129. The van der Waals surface area contributed by atoms with Gasteiger partial charge in [-0.3, -0.25) is 10.3 Å². The minimum Gasteiger partial charge on any atom is -0.309 e. The molecule has 0 aliphatic carbocycles. The molecule has 2 heterocycles. The zero-order valence-electron chi connectivity index (χ0n) is 30.6. The molecule has 52 heavy (non-hydrogen) atoms. The number of rotatable bonds is 4. The summed E-state index contributed by atoms with van der Waals surface area (Å²) in [6.07, 6.45) is -0.136. The van der Waals surface area contributed by atoms with Gasteiger partial charge in [-0.25, -0.2) is 0 Å². The molecule has 1 aliphatic rings. The first-order chi connectivity index (χ1) is 25.7. The van der Waals surface area contributed by atoms with Crippen molar-refractivity contribution >= 4 is 59.8 Å². The minimum atomic E-state index is -0.136. The van der Waals surface area contributed by atoms with E-state index in [0.717, 1.165) is 17.0 Å². The molecule has 0 radical (unpaired) electrons. The van der Waals surface area contributed by atoms with Crippen molar-refractivity contribution in [3.05, 3.63) is 174 Å². The normalized spacial score (nSPS) is 17.2. The number of benzene rings is 8. The number of para-hydroxylation sites is 1. The Labute approximate surface area is 306 Å². The van der Waals surface area contributed by atoms with Crippen LogP contribution in [-0.4, -0.2) is 10.3 Å². The molecule has 3 nitrogen and oxygen atoms in total. The third kappa shape index (κ3) is 5.44. The van der Waals surface area contributed by atoms with E-state index in [0.29, 0.717) is 0 Å². The molecule has 1 aromatic heterocycles. The van der Waals surface area contributed by atoms with Crippen molar-refractivity contribution in [2.45, 2.75) is 46.8 Å². The van der Waals surface area contributed by atoms with Gasteiger partial charge in [-0.05, 0) is 67.9 Å². The van der Waals surface area contributed by atoms with E-state index in [-0.39, 0.29) is 18.1 Å². The van der Waals surface area contributed by atoms with Gasteiger partial charge in [0, 0.05) is 39.5 Å². The molecule has 9 aromatic rings. The van der Waals surface area contributed by atoms with Crippen molar-refractivity contribution in [3.8, 4) is 5.69 Å². The Kier molecular flexibility index (Phi) is 9.05. The fraction of sp³-hybridized carbons (Fsp3) is 0.163. The predicted molar refractivity (Wildman–Crippen MR) is 224 cm³/mol. The summed E-state index contributed by atoms with van der Waals surface area (Å²) < 4.78 is 2.48. The summed E-state index contributed by atoms with van der Waals surface area (Å²) in [6.45, 7) is 10.3. The number of aromatic nitrogens is 1. The lowest BCUT2D eigenvalue weighted by Crippen LogP contribution is -2.39. The fourth-order valence-electron chi connectivity index (χ4n) is 8.29. The maximum atomic E-state index is 5.43. The number of hydrogen-bond acceptors (Lipinski definition) is 2. The van der Waals surface area contributed by atoms with Gasteiger partial charge < -0.3 is 4.57 Å². The zero-order chi connectivity index (χ0) is 35.8. The van der Waals surface area contributed by atoms with E-state index in [1.807, 2.05) is 27.7 Å². The van der Waals surface area contributed by atoms with Crippen LogP contribution in [-0.2, 0) is 0 Å². The van der Waals surface area contributed by atoms with Gasteiger partial charge >= 0.3 is 0 Å². The third-order valence-corrected chi connectivity index (χ3v) is 10.5. The lowest BCUT2D eigenvalue weighted by atomic mass is 9.85. The molecule has 3 atom stereocenters. The van der Waals surface area contributed by atoms with Crippen LogP contribution in [0.15, 0.2) is 163 Å². The lowest BCUT2D eigenvalue weighted by molar-refractivity contribution is 0.379. The lowest BCUT2D eigenvalue weighted by Gasteiger charge is -2.35. The van der Waals surface area contributed by atoms with Crippen LogP contribution in [0.2, 0.25) is 0 Å². The largest absolute Gasteiger partial charge is 0.309 e. The number of hydrogen-bond donors (Lipinski definition) is 1. The van der Waals surface area contributed by atoms with E-state index in [4.69, 9.17) is 4.99 Å². The molecule has 3 unspecified atom stereocenters. The predicted octanol–water partition coefficient (Wildman–Crippen LogP) is 13.2. The van der Waals surface area contributed by atoms with E-state index in [1.165, 1.54) is 65.3 Å². The summed E-state index contributed by atoms with van der Waals surface area (Å²) in [6, 6.07) is 57.6. The van der Waals surface area contributed by atoms with Crippen molar-refractivity contribution in [3.63, 3.8) is 0 Å². The highest BCUT2D eigenvalue weighted by molar-refractivity contribution is 6.31. The van der Waals surface area contributed by atoms with Gasteiger partial charge in [-0.2, -0.15) is 0 Å². The number of nitrogens with zero attached hydrogens (tertiary/aromatic N) is 2. The van der Waals surface area contributed by atoms with Gasteiger partial charge in [0.2, 0.25) is 0 Å².